The number of fused-ring (bicyclic) bond motifs is 1. The summed E-state index contributed by atoms with van der Waals surface area (Å²) in [5, 5.41) is 0.682. The molecule has 1 aromatic rings. The molecule has 2 nitrogen and oxygen atoms in total. The lowest BCUT2D eigenvalue weighted by atomic mass is 10.2. The molecule has 58 valence electrons. The van der Waals surface area contributed by atoms with Gasteiger partial charge in [-0.2, -0.15) is 0 Å². The Morgan fingerprint density at radius 3 is 3.27 bits per heavy atom. The van der Waals surface area contributed by atoms with E-state index in [0.717, 1.165) is 24.1 Å². The lowest BCUT2D eigenvalue weighted by Crippen LogP contribution is -2.05. The maximum atomic E-state index is 5.82. The van der Waals surface area contributed by atoms with Crippen molar-refractivity contribution in [3.63, 3.8) is 0 Å². The molecule has 0 fully saturated rings. The molecule has 0 amide bonds. The molecular formula is C8H9ClN2. The lowest BCUT2D eigenvalue weighted by Gasteiger charge is -2.02. The van der Waals surface area contributed by atoms with Crippen LogP contribution in [0.2, 0.25) is 5.02 Å². The fourth-order valence-corrected chi connectivity index (χ4v) is 1.63. The Labute approximate surface area is 70.4 Å². The average Bonchev–Trinajstić information content (AvgIpc) is 2.33. The number of aryl methyl sites for hydroxylation is 1. The summed E-state index contributed by atoms with van der Waals surface area (Å²) in [5.41, 5.74) is 8.05. The summed E-state index contributed by atoms with van der Waals surface area (Å²) in [5.74, 6) is 0. The van der Waals surface area contributed by atoms with Gasteiger partial charge in [-0.15, -0.1) is 0 Å². The van der Waals surface area contributed by atoms with Crippen LogP contribution in [0.4, 0.5) is 0 Å². The normalized spacial score (nSPS) is 21.8. The van der Waals surface area contributed by atoms with Gasteiger partial charge in [-0.25, -0.2) is 0 Å². The van der Waals surface area contributed by atoms with Gasteiger partial charge in [0.15, 0.2) is 0 Å². The minimum absolute atomic E-state index is 0.149. The van der Waals surface area contributed by atoms with Crippen molar-refractivity contribution in [2.75, 3.05) is 0 Å². The van der Waals surface area contributed by atoms with Crippen molar-refractivity contribution in [2.45, 2.75) is 18.9 Å². The molecule has 2 rings (SSSR count). The van der Waals surface area contributed by atoms with Crippen LogP contribution in [0.1, 0.15) is 23.7 Å². The van der Waals surface area contributed by atoms with Crippen molar-refractivity contribution >= 4 is 11.6 Å². The smallest absolute Gasteiger partial charge is 0.0592 e. The van der Waals surface area contributed by atoms with Crippen LogP contribution in [-0.4, -0.2) is 4.98 Å². The monoisotopic (exact) mass is 168 g/mol. The van der Waals surface area contributed by atoms with Crippen molar-refractivity contribution in [1.29, 1.82) is 0 Å². The molecule has 1 aliphatic rings. The molecule has 11 heavy (non-hydrogen) atoms. The van der Waals surface area contributed by atoms with Gasteiger partial charge in [-0.05, 0) is 24.5 Å². The van der Waals surface area contributed by atoms with E-state index in [0.29, 0.717) is 5.02 Å². The molecule has 0 aliphatic heterocycles. The highest BCUT2D eigenvalue weighted by atomic mass is 35.5. The quantitative estimate of drug-likeness (QED) is 0.640. The Kier molecular flexibility index (Phi) is 1.59. The number of aromatic nitrogens is 1. The van der Waals surface area contributed by atoms with Crippen molar-refractivity contribution < 1.29 is 0 Å². The zero-order chi connectivity index (χ0) is 7.84. The highest BCUT2D eigenvalue weighted by Gasteiger charge is 2.19. The summed E-state index contributed by atoms with van der Waals surface area (Å²) in [4.78, 5) is 4.20. The molecule has 2 N–H and O–H groups in total. The van der Waals surface area contributed by atoms with Crippen molar-refractivity contribution in [1.82, 2.24) is 4.98 Å². The topological polar surface area (TPSA) is 38.9 Å². The van der Waals surface area contributed by atoms with E-state index in [4.69, 9.17) is 17.3 Å². The highest BCUT2D eigenvalue weighted by Crippen LogP contribution is 2.28. The first kappa shape index (κ1) is 7.07. The van der Waals surface area contributed by atoms with Gasteiger partial charge in [0.25, 0.3) is 0 Å². The van der Waals surface area contributed by atoms with E-state index >= 15 is 0 Å². The van der Waals surface area contributed by atoms with Crippen molar-refractivity contribution in [3.05, 3.63) is 28.5 Å². The predicted molar refractivity (Wildman–Crippen MR) is 44.5 cm³/mol. The molecule has 0 spiro atoms. The van der Waals surface area contributed by atoms with Crippen LogP contribution in [0.25, 0.3) is 0 Å². The van der Waals surface area contributed by atoms with Crippen LogP contribution in [-0.2, 0) is 6.42 Å². The highest BCUT2D eigenvalue weighted by molar-refractivity contribution is 6.30. The second-order valence-electron chi connectivity index (χ2n) is 2.83. The zero-order valence-corrected chi connectivity index (χ0v) is 6.80. The Bertz CT molecular complexity index is 285. The van der Waals surface area contributed by atoms with Gasteiger partial charge in [0.2, 0.25) is 0 Å². The number of nitrogens with zero attached hydrogens (tertiary/aromatic N) is 1. The van der Waals surface area contributed by atoms with Gasteiger partial charge in [-0.1, -0.05) is 11.6 Å². The molecule has 1 aromatic heterocycles. The molecule has 1 atom stereocenters. The maximum absolute atomic E-state index is 5.82. The molecule has 0 bridgehead atoms. The van der Waals surface area contributed by atoms with Gasteiger partial charge in [0, 0.05) is 17.9 Å². The minimum atomic E-state index is 0.149. The number of pyridine rings is 1. The summed E-state index contributed by atoms with van der Waals surface area (Å²) in [6.07, 6.45) is 3.68. The summed E-state index contributed by atoms with van der Waals surface area (Å²) >= 11 is 5.77. The van der Waals surface area contributed by atoms with Gasteiger partial charge in [-0.3, -0.25) is 4.98 Å². The average molecular weight is 169 g/mol. The van der Waals surface area contributed by atoms with E-state index in [-0.39, 0.29) is 6.04 Å². The molecule has 1 aliphatic carbocycles. The van der Waals surface area contributed by atoms with Crippen LogP contribution < -0.4 is 5.73 Å². The first-order chi connectivity index (χ1) is 5.27. The molecule has 1 heterocycles. The van der Waals surface area contributed by atoms with E-state index in [1.54, 1.807) is 6.20 Å². The number of hydrogen-bond donors (Lipinski definition) is 1. The third-order valence-electron chi connectivity index (χ3n) is 2.06. The second-order valence-corrected chi connectivity index (χ2v) is 3.27. The van der Waals surface area contributed by atoms with Gasteiger partial charge in [0.05, 0.1) is 5.02 Å². The summed E-state index contributed by atoms with van der Waals surface area (Å²) in [7, 11) is 0. The van der Waals surface area contributed by atoms with Crippen LogP contribution in [0.5, 0.6) is 0 Å². The number of nitrogens with two attached hydrogens (primary N) is 1. The van der Waals surface area contributed by atoms with E-state index < -0.39 is 0 Å². The molecular weight excluding hydrogens is 160 g/mol. The van der Waals surface area contributed by atoms with Crippen LogP contribution >= 0.6 is 11.6 Å². The minimum Gasteiger partial charge on any atom is -0.324 e. The molecule has 0 saturated heterocycles. The van der Waals surface area contributed by atoms with Gasteiger partial charge >= 0.3 is 0 Å². The number of hydrogen-bond acceptors (Lipinski definition) is 2. The van der Waals surface area contributed by atoms with E-state index in [2.05, 4.69) is 4.98 Å². The third-order valence-corrected chi connectivity index (χ3v) is 2.27. The molecule has 0 radical (unpaired) electrons. The fourth-order valence-electron chi connectivity index (χ4n) is 1.46. The third kappa shape index (κ3) is 1.12. The van der Waals surface area contributed by atoms with Gasteiger partial charge in [0.1, 0.15) is 0 Å². The largest absolute Gasteiger partial charge is 0.324 e. The fraction of sp³-hybridized carbons (Fsp3) is 0.375. The SMILES string of the molecule is N[C@@H]1CCc2ncc(Cl)cc21. The lowest BCUT2D eigenvalue weighted by molar-refractivity contribution is 0.712. The van der Waals surface area contributed by atoms with Crippen LogP contribution in [0.3, 0.4) is 0 Å². The summed E-state index contributed by atoms with van der Waals surface area (Å²) in [6.45, 7) is 0. The zero-order valence-electron chi connectivity index (χ0n) is 6.05. The first-order valence-corrected chi connectivity index (χ1v) is 4.05. The van der Waals surface area contributed by atoms with E-state index in [1.807, 2.05) is 6.07 Å². The Morgan fingerprint density at radius 2 is 2.45 bits per heavy atom. The predicted octanol–water partition coefficient (Wildman–Crippen LogP) is 1.68. The Balaban J connectivity index is 2.52. The first-order valence-electron chi connectivity index (χ1n) is 3.67. The molecule has 3 heteroatoms. The van der Waals surface area contributed by atoms with Gasteiger partial charge < -0.3 is 5.73 Å². The number of rotatable bonds is 0. The summed E-state index contributed by atoms with van der Waals surface area (Å²) < 4.78 is 0. The standard InChI is InChI=1S/C8H9ClN2/c9-5-3-6-7(10)1-2-8(6)11-4-5/h3-4,7H,1-2,10H2/t7-/m1/s1. The van der Waals surface area contributed by atoms with Crippen molar-refractivity contribution in [2.24, 2.45) is 5.73 Å². The Morgan fingerprint density at radius 1 is 1.64 bits per heavy atom. The van der Waals surface area contributed by atoms with Crippen LogP contribution in [0, 0.1) is 0 Å². The Hall–Kier alpha value is -0.600. The molecule has 0 unspecified atom stereocenters. The molecule has 0 aromatic carbocycles. The number of halogens is 1. The second kappa shape index (κ2) is 2.47. The molecule has 0 saturated carbocycles. The summed E-state index contributed by atoms with van der Waals surface area (Å²) in [6, 6.07) is 2.07. The van der Waals surface area contributed by atoms with Crippen LogP contribution in [0.15, 0.2) is 12.3 Å². The van der Waals surface area contributed by atoms with E-state index in [9.17, 15) is 0 Å². The maximum Gasteiger partial charge on any atom is 0.0592 e. The van der Waals surface area contributed by atoms with E-state index in [1.165, 1.54) is 0 Å². The van der Waals surface area contributed by atoms with Crippen molar-refractivity contribution in [3.8, 4) is 0 Å².